The fourth-order valence-electron chi connectivity index (χ4n) is 2.26. The summed E-state index contributed by atoms with van der Waals surface area (Å²) in [5, 5.41) is 3.26. The lowest BCUT2D eigenvalue weighted by atomic mass is 10.3. The van der Waals surface area contributed by atoms with Crippen molar-refractivity contribution in [2.75, 3.05) is 38.5 Å². The Bertz CT molecular complexity index is 521. The fourth-order valence-corrected chi connectivity index (χ4v) is 4.49. The van der Waals surface area contributed by atoms with E-state index in [2.05, 4.69) is 14.9 Å². The predicted octanol–water partition coefficient (Wildman–Crippen LogP) is 0.942. The van der Waals surface area contributed by atoms with Gasteiger partial charge in [0.15, 0.2) is 0 Å². The van der Waals surface area contributed by atoms with Gasteiger partial charge in [0.05, 0.1) is 11.8 Å². The summed E-state index contributed by atoms with van der Waals surface area (Å²) in [7, 11) is -3.22. The van der Waals surface area contributed by atoms with Gasteiger partial charge in [-0.1, -0.05) is 0 Å². The van der Waals surface area contributed by atoms with E-state index in [1.54, 1.807) is 11.3 Å². The van der Waals surface area contributed by atoms with Crippen LogP contribution >= 0.6 is 11.3 Å². The standard InChI is InChI=1S/C13H23N3O2S2/c1-11-3-4-13(19-11)12(2)15-20(17,18)10-9-16-7-5-14-6-8-16/h3-4,12,14-15H,5-10H2,1-2H3. The number of aryl methyl sites for hydroxylation is 1. The Morgan fingerprint density at radius 2 is 2.10 bits per heavy atom. The molecule has 20 heavy (non-hydrogen) atoms. The second-order valence-electron chi connectivity index (χ2n) is 5.20. The zero-order valence-corrected chi connectivity index (χ0v) is 13.7. The maximum Gasteiger partial charge on any atom is 0.213 e. The number of nitrogens with one attached hydrogen (secondary N) is 2. The Balaban J connectivity index is 1.83. The van der Waals surface area contributed by atoms with Crippen molar-refractivity contribution in [3.05, 3.63) is 21.9 Å². The van der Waals surface area contributed by atoms with E-state index in [9.17, 15) is 8.42 Å². The number of hydrogen-bond donors (Lipinski definition) is 2. The van der Waals surface area contributed by atoms with Crippen LogP contribution in [0.3, 0.4) is 0 Å². The van der Waals surface area contributed by atoms with Gasteiger partial charge in [-0.05, 0) is 26.0 Å². The van der Waals surface area contributed by atoms with Crippen LogP contribution in [0.5, 0.6) is 0 Å². The monoisotopic (exact) mass is 317 g/mol. The van der Waals surface area contributed by atoms with Crippen LogP contribution in [0, 0.1) is 6.92 Å². The summed E-state index contributed by atoms with van der Waals surface area (Å²) < 4.78 is 27.0. The summed E-state index contributed by atoms with van der Waals surface area (Å²) in [6.45, 7) is 8.27. The third-order valence-corrected chi connectivity index (χ3v) is 6.05. The highest BCUT2D eigenvalue weighted by Gasteiger charge is 2.19. The molecule has 114 valence electrons. The highest BCUT2D eigenvalue weighted by atomic mass is 32.2. The van der Waals surface area contributed by atoms with E-state index in [0.29, 0.717) is 6.54 Å². The first-order valence-corrected chi connectivity index (χ1v) is 9.42. The van der Waals surface area contributed by atoms with Gasteiger partial charge in [-0.2, -0.15) is 0 Å². The molecule has 5 nitrogen and oxygen atoms in total. The van der Waals surface area contributed by atoms with Crippen molar-refractivity contribution < 1.29 is 8.42 Å². The first-order valence-electron chi connectivity index (χ1n) is 6.96. The van der Waals surface area contributed by atoms with E-state index < -0.39 is 10.0 Å². The van der Waals surface area contributed by atoms with Gasteiger partial charge in [0.2, 0.25) is 10.0 Å². The molecule has 7 heteroatoms. The number of piperazine rings is 1. The van der Waals surface area contributed by atoms with Gasteiger partial charge in [-0.25, -0.2) is 13.1 Å². The molecule has 0 radical (unpaired) electrons. The smallest absolute Gasteiger partial charge is 0.213 e. The Labute approximate surface area is 125 Å². The van der Waals surface area contributed by atoms with E-state index in [0.717, 1.165) is 31.1 Å². The molecule has 2 rings (SSSR count). The molecule has 0 aromatic carbocycles. The summed E-state index contributed by atoms with van der Waals surface area (Å²) >= 11 is 1.64. The summed E-state index contributed by atoms with van der Waals surface area (Å²) in [6.07, 6.45) is 0. The number of sulfonamides is 1. The molecule has 1 aliphatic heterocycles. The van der Waals surface area contributed by atoms with E-state index in [1.165, 1.54) is 4.88 Å². The summed E-state index contributed by atoms with van der Waals surface area (Å²) in [5.41, 5.74) is 0. The molecule has 2 heterocycles. The van der Waals surface area contributed by atoms with Gasteiger partial charge in [0.1, 0.15) is 0 Å². The van der Waals surface area contributed by atoms with Crippen molar-refractivity contribution in [3.63, 3.8) is 0 Å². The summed E-state index contributed by atoms with van der Waals surface area (Å²) in [6, 6.07) is 3.86. The van der Waals surface area contributed by atoms with Crippen molar-refractivity contribution in [2.45, 2.75) is 19.9 Å². The molecule has 1 fully saturated rings. The van der Waals surface area contributed by atoms with Crippen molar-refractivity contribution in [1.29, 1.82) is 0 Å². The van der Waals surface area contributed by atoms with Gasteiger partial charge >= 0.3 is 0 Å². The zero-order chi connectivity index (χ0) is 14.6. The summed E-state index contributed by atoms with van der Waals surface area (Å²) in [4.78, 5) is 4.45. The largest absolute Gasteiger partial charge is 0.314 e. The molecule has 1 unspecified atom stereocenters. The lowest BCUT2D eigenvalue weighted by Crippen LogP contribution is -2.46. The van der Waals surface area contributed by atoms with Crippen molar-refractivity contribution in [1.82, 2.24) is 14.9 Å². The fraction of sp³-hybridized carbons (Fsp3) is 0.692. The molecular formula is C13H23N3O2S2. The molecule has 1 aromatic rings. The maximum atomic E-state index is 12.1. The molecular weight excluding hydrogens is 294 g/mol. The first kappa shape index (κ1) is 15.9. The van der Waals surface area contributed by atoms with Gasteiger partial charge in [0, 0.05) is 42.5 Å². The minimum Gasteiger partial charge on any atom is -0.314 e. The van der Waals surface area contributed by atoms with Crippen LogP contribution in [0.25, 0.3) is 0 Å². The average Bonchev–Trinajstić information content (AvgIpc) is 2.84. The van der Waals surface area contributed by atoms with Crippen LogP contribution in [-0.4, -0.2) is 51.8 Å². The van der Waals surface area contributed by atoms with Crippen LogP contribution in [-0.2, 0) is 10.0 Å². The van der Waals surface area contributed by atoms with Gasteiger partial charge < -0.3 is 5.32 Å². The average molecular weight is 317 g/mol. The van der Waals surface area contributed by atoms with Crippen molar-refractivity contribution in [2.24, 2.45) is 0 Å². The van der Waals surface area contributed by atoms with Crippen LogP contribution < -0.4 is 10.0 Å². The molecule has 1 atom stereocenters. The van der Waals surface area contributed by atoms with E-state index >= 15 is 0 Å². The number of nitrogens with zero attached hydrogens (tertiary/aromatic N) is 1. The predicted molar refractivity (Wildman–Crippen MR) is 83.7 cm³/mol. The topological polar surface area (TPSA) is 61.4 Å². The minimum atomic E-state index is -3.22. The van der Waals surface area contributed by atoms with Crippen LogP contribution in [0.1, 0.15) is 22.7 Å². The Morgan fingerprint density at radius 3 is 2.70 bits per heavy atom. The third kappa shape index (κ3) is 4.82. The minimum absolute atomic E-state index is 0.151. The Kier molecular flexibility index (Phi) is 5.57. The van der Waals surface area contributed by atoms with E-state index in [4.69, 9.17) is 0 Å². The molecule has 1 aliphatic rings. The Morgan fingerprint density at radius 1 is 1.40 bits per heavy atom. The quantitative estimate of drug-likeness (QED) is 0.820. The normalized spacial score (nSPS) is 19.1. The third-order valence-electron chi connectivity index (χ3n) is 3.43. The molecule has 0 spiro atoms. The van der Waals surface area contributed by atoms with Crippen molar-refractivity contribution in [3.8, 4) is 0 Å². The molecule has 1 saturated heterocycles. The molecule has 0 aliphatic carbocycles. The van der Waals surface area contributed by atoms with E-state index in [1.807, 2.05) is 26.0 Å². The SMILES string of the molecule is Cc1ccc(C(C)NS(=O)(=O)CCN2CCNCC2)s1. The number of hydrogen-bond acceptors (Lipinski definition) is 5. The number of thiophene rings is 1. The van der Waals surface area contributed by atoms with Crippen LogP contribution in [0.4, 0.5) is 0 Å². The molecule has 2 N–H and O–H groups in total. The highest BCUT2D eigenvalue weighted by Crippen LogP contribution is 2.22. The van der Waals surface area contributed by atoms with Crippen LogP contribution in [0.15, 0.2) is 12.1 Å². The zero-order valence-electron chi connectivity index (χ0n) is 12.1. The van der Waals surface area contributed by atoms with Crippen molar-refractivity contribution >= 4 is 21.4 Å². The lowest BCUT2D eigenvalue weighted by molar-refractivity contribution is 0.253. The molecule has 0 bridgehead atoms. The van der Waals surface area contributed by atoms with Gasteiger partial charge in [0.25, 0.3) is 0 Å². The molecule has 0 saturated carbocycles. The highest BCUT2D eigenvalue weighted by molar-refractivity contribution is 7.89. The van der Waals surface area contributed by atoms with Crippen LogP contribution in [0.2, 0.25) is 0 Å². The first-order chi connectivity index (χ1) is 9.46. The lowest BCUT2D eigenvalue weighted by Gasteiger charge is -2.27. The molecule has 1 aromatic heterocycles. The second-order valence-corrected chi connectivity index (χ2v) is 8.39. The van der Waals surface area contributed by atoms with Gasteiger partial charge in [-0.3, -0.25) is 4.90 Å². The number of rotatable bonds is 6. The summed E-state index contributed by atoms with van der Waals surface area (Å²) in [5.74, 6) is 0.168. The van der Waals surface area contributed by atoms with Gasteiger partial charge in [-0.15, -0.1) is 11.3 Å². The molecule has 0 amide bonds. The van der Waals surface area contributed by atoms with E-state index in [-0.39, 0.29) is 11.8 Å². The second kappa shape index (κ2) is 7.00. The Hall–Kier alpha value is -0.470. The maximum absolute atomic E-state index is 12.1.